The highest BCUT2D eigenvalue weighted by atomic mass is 32.2. The summed E-state index contributed by atoms with van der Waals surface area (Å²) in [6, 6.07) is 11.2. The quantitative estimate of drug-likeness (QED) is 0.0654. The first-order chi connectivity index (χ1) is 24.9. The van der Waals surface area contributed by atoms with Crippen LogP contribution in [0.4, 0.5) is 4.79 Å². The highest BCUT2D eigenvalue weighted by molar-refractivity contribution is 7.89. The van der Waals surface area contributed by atoms with E-state index in [9.17, 15) is 27.9 Å². The summed E-state index contributed by atoms with van der Waals surface area (Å²) >= 11 is 1.36. The Bertz CT molecular complexity index is 1850. The summed E-state index contributed by atoms with van der Waals surface area (Å²) < 4.78 is 35.0. The number of nitrogens with one attached hydrogen (secondary N) is 2. The van der Waals surface area contributed by atoms with Crippen molar-refractivity contribution in [3.63, 3.8) is 0 Å². The Kier molecular flexibility index (Phi) is 13.1. The monoisotopic (exact) mass is 754 g/mol. The Balaban J connectivity index is 1.32. The van der Waals surface area contributed by atoms with Crippen LogP contribution in [0.2, 0.25) is 0 Å². The third-order valence-electron chi connectivity index (χ3n) is 9.39. The molecular formula is C36H46N6O8S2. The number of aliphatic hydroxyl groups excluding tert-OH is 1. The van der Waals surface area contributed by atoms with Crippen LogP contribution in [0.15, 0.2) is 64.0 Å². The highest BCUT2D eigenvalue weighted by Crippen LogP contribution is 2.32. The number of urea groups is 1. The van der Waals surface area contributed by atoms with E-state index in [2.05, 4.69) is 20.2 Å². The second kappa shape index (κ2) is 17.5. The van der Waals surface area contributed by atoms with Gasteiger partial charge in [-0.3, -0.25) is 14.5 Å². The average molecular weight is 755 g/mol. The number of hydrogen-bond acceptors (Lipinski definition) is 11. The number of thiazole rings is 1. The van der Waals surface area contributed by atoms with Gasteiger partial charge < -0.3 is 25.3 Å². The maximum atomic E-state index is 14.0. The smallest absolute Gasteiger partial charge is 0.328 e. The van der Waals surface area contributed by atoms with Crippen LogP contribution in [0.5, 0.6) is 0 Å². The van der Waals surface area contributed by atoms with E-state index in [0.717, 1.165) is 29.7 Å². The lowest BCUT2D eigenvalue weighted by Gasteiger charge is -2.32. The minimum atomic E-state index is -4.11. The van der Waals surface area contributed by atoms with Crippen LogP contribution < -0.4 is 10.0 Å². The van der Waals surface area contributed by atoms with Gasteiger partial charge in [0.25, 0.3) is 5.91 Å². The van der Waals surface area contributed by atoms with E-state index in [4.69, 9.17) is 9.94 Å². The number of aromatic nitrogens is 1. The lowest BCUT2D eigenvalue weighted by molar-refractivity contribution is -0.128. The molecule has 1 saturated carbocycles. The van der Waals surface area contributed by atoms with E-state index in [1.165, 1.54) is 28.5 Å². The minimum Gasteiger partial charge on any atom is -0.411 e. The van der Waals surface area contributed by atoms with Crippen molar-refractivity contribution in [2.45, 2.75) is 82.2 Å². The van der Waals surface area contributed by atoms with Crippen LogP contribution >= 0.6 is 11.3 Å². The SMILES string of the molecule is COCc1nc(CN2C(=O)CN([C@H](C(=O)N[C@@H](Cc3ccccc3)[C@H](O)CNS(=O)(=O)c3ccc(/C=N/O)cc3CC3CCC3)C(C)C)C2=O)cs1. The van der Waals surface area contributed by atoms with Crippen LogP contribution in [0.25, 0.3) is 0 Å². The van der Waals surface area contributed by atoms with Crippen molar-refractivity contribution in [2.75, 3.05) is 20.2 Å². The third kappa shape index (κ3) is 9.60. The molecular weight excluding hydrogens is 709 g/mol. The van der Waals surface area contributed by atoms with Crippen LogP contribution in [-0.2, 0) is 50.3 Å². The topological polar surface area (TPSA) is 191 Å². The molecule has 4 N–H and O–H groups in total. The lowest BCUT2D eigenvalue weighted by atomic mass is 9.81. The molecule has 2 aliphatic rings. The number of carbonyl (C=O) groups is 3. The van der Waals surface area contributed by atoms with Crippen molar-refractivity contribution in [3.8, 4) is 0 Å². The summed E-state index contributed by atoms with van der Waals surface area (Å²) in [5.41, 5.74) is 2.46. The maximum Gasteiger partial charge on any atom is 0.328 e. The van der Waals surface area contributed by atoms with Gasteiger partial charge >= 0.3 is 6.03 Å². The number of aliphatic hydroxyl groups is 1. The van der Waals surface area contributed by atoms with Crippen LogP contribution in [0.3, 0.4) is 0 Å². The van der Waals surface area contributed by atoms with Gasteiger partial charge in [-0.2, -0.15) is 0 Å². The normalized spacial score (nSPS) is 17.2. The standard InChI is InChI=1S/C36H46N6O8S2/c1-23(2)34(42-20-33(44)41(36(42)46)19-28-22-51-32(39-28)21-50-3)35(45)40-29(16-25-8-5-4-6-9-25)30(43)18-38-52(48,49)31-13-12-26(17-37-47)15-27(31)14-24-10-7-11-24/h4-6,8-9,12-13,15,17,22-24,29-30,34,38,43,47H,7,10-11,14,16,18-21H2,1-3H3,(H,40,45)/b37-17+/t29-,30+,34-/m0/s1. The number of oxime groups is 1. The Morgan fingerprint density at radius 1 is 1.17 bits per heavy atom. The molecule has 1 saturated heterocycles. The van der Waals surface area contributed by atoms with Crippen molar-refractivity contribution in [1.82, 2.24) is 24.8 Å². The number of benzene rings is 2. The molecule has 1 aromatic heterocycles. The number of sulfonamides is 1. The molecule has 14 nitrogen and oxygen atoms in total. The number of ether oxygens (including phenoxy) is 1. The predicted octanol–water partition coefficient (Wildman–Crippen LogP) is 3.30. The summed E-state index contributed by atoms with van der Waals surface area (Å²) in [6.45, 7) is 3.07. The molecule has 0 bridgehead atoms. The molecule has 1 aliphatic heterocycles. The number of carbonyl (C=O) groups excluding carboxylic acids is 3. The molecule has 2 aromatic carbocycles. The summed E-state index contributed by atoms with van der Waals surface area (Å²) in [6.07, 6.45) is 3.66. The van der Waals surface area contributed by atoms with Crippen molar-refractivity contribution in [2.24, 2.45) is 17.0 Å². The van der Waals surface area contributed by atoms with Gasteiger partial charge in [-0.25, -0.2) is 22.9 Å². The first kappa shape index (κ1) is 39.0. The molecule has 0 unspecified atom stereocenters. The first-order valence-electron chi connectivity index (χ1n) is 17.3. The third-order valence-corrected chi connectivity index (χ3v) is 11.8. The lowest BCUT2D eigenvalue weighted by Crippen LogP contribution is -2.57. The van der Waals surface area contributed by atoms with Gasteiger partial charge in [0.15, 0.2) is 0 Å². The molecule has 280 valence electrons. The summed E-state index contributed by atoms with van der Waals surface area (Å²) in [5, 5.41) is 28.9. The summed E-state index contributed by atoms with van der Waals surface area (Å²) in [7, 11) is -2.56. The zero-order valence-corrected chi connectivity index (χ0v) is 31.1. The molecule has 52 heavy (non-hydrogen) atoms. The number of methoxy groups -OCH3 is 1. The summed E-state index contributed by atoms with van der Waals surface area (Å²) in [5.74, 6) is -1.11. The van der Waals surface area contributed by atoms with Crippen molar-refractivity contribution in [3.05, 3.63) is 81.3 Å². The van der Waals surface area contributed by atoms with Gasteiger partial charge in [-0.15, -0.1) is 11.3 Å². The van der Waals surface area contributed by atoms with Crippen LogP contribution in [0.1, 0.15) is 60.5 Å². The molecule has 1 aliphatic carbocycles. The van der Waals surface area contributed by atoms with Gasteiger partial charge in [0.1, 0.15) is 17.6 Å². The average Bonchev–Trinajstić information content (AvgIpc) is 3.65. The fraction of sp³-hybridized carbons (Fsp3) is 0.472. The molecule has 4 amide bonds. The fourth-order valence-electron chi connectivity index (χ4n) is 6.52. The van der Waals surface area contributed by atoms with Gasteiger partial charge in [-0.05, 0) is 53.5 Å². The fourth-order valence-corrected chi connectivity index (χ4v) is 8.56. The molecule has 3 atom stereocenters. The second-order valence-electron chi connectivity index (χ2n) is 13.6. The molecule has 5 rings (SSSR count). The summed E-state index contributed by atoms with van der Waals surface area (Å²) in [4.78, 5) is 47.5. The Morgan fingerprint density at radius 2 is 1.92 bits per heavy atom. The minimum absolute atomic E-state index is 0.0452. The van der Waals surface area contributed by atoms with E-state index >= 15 is 0 Å². The van der Waals surface area contributed by atoms with E-state index in [-0.39, 0.29) is 24.4 Å². The Hall–Kier alpha value is -4.22. The Labute approximate surface area is 307 Å². The maximum absolute atomic E-state index is 14.0. The van der Waals surface area contributed by atoms with Gasteiger partial charge in [-0.1, -0.05) is 74.7 Å². The molecule has 0 radical (unpaired) electrons. The number of amides is 4. The largest absolute Gasteiger partial charge is 0.411 e. The van der Waals surface area contributed by atoms with Gasteiger partial charge in [0.05, 0.1) is 42.1 Å². The zero-order chi connectivity index (χ0) is 37.4. The second-order valence-corrected chi connectivity index (χ2v) is 16.3. The highest BCUT2D eigenvalue weighted by Gasteiger charge is 2.44. The van der Waals surface area contributed by atoms with Gasteiger partial charge in [0.2, 0.25) is 15.9 Å². The molecule has 16 heteroatoms. The van der Waals surface area contributed by atoms with Crippen LogP contribution in [-0.4, -0.2) is 96.0 Å². The predicted molar refractivity (Wildman–Crippen MR) is 194 cm³/mol. The van der Waals surface area contributed by atoms with Crippen molar-refractivity contribution >= 4 is 45.4 Å². The first-order valence-corrected chi connectivity index (χ1v) is 19.6. The van der Waals surface area contributed by atoms with E-state index in [0.29, 0.717) is 40.8 Å². The number of hydrogen-bond donors (Lipinski definition) is 4. The Morgan fingerprint density at radius 3 is 2.58 bits per heavy atom. The van der Waals surface area contributed by atoms with E-state index < -0.39 is 58.5 Å². The van der Waals surface area contributed by atoms with E-state index in [1.807, 2.05) is 30.3 Å². The molecule has 3 aromatic rings. The number of nitrogens with zero attached hydrogens (tertiary/aromatic N) is 4. The van der Waals surface area contributed by atoms with Crippen molar-refractivity contribution < 1.29 is 37.9 Å². The van der Waals surface area contributed by atoms with Crippen molar-refractivity contribution in [1.29, 1.82) is 0 Å². The van der Waals surface area contributed by atoms with Gasteiger partial charge in [0, 0.05) is 19.0 Å². The number of imide groups is 1. The molecule has 2 fully saturated rings. The number of rotatable bonds is 18. The zero-order valence-electron chi connectivity index (χ0n) is 29.5. The van der Waals surface area contributed by atoms with Crippen LogP contribution in [0, 0.1) is 11.8 Å². The molecule has 2 heterocycles. The van der Waals surface area contributed by atoms with E-state index in [1.54, 1.807) is 38.5 Å². The molecule has 0 spiro atoms.